The fourth-order valence-electron chi connectivity index (χ4n) is 1.72. The van der Waals surface area contributed by atoms with Crippen molar-refractivity contribution in [3.05, 3.63) is 35.4 Å². The highest BCUT2D eigenvalue weighted by Gasteiger charge is 2.09. The lowest BCUT2D eigenvalue weighted by atomic mass is 10.0. The summed E-state index contributed by atoms with van der Waals surface area (Å²) in [5.41, 5.74) is 2.64. The molecular formula is C14H23NO2. The summed E-state index contributed by atoms with van der Waals surface area (Å²) < 4.78 is 10.5. The molecule has 0 aliphatic rings. The standard InChI is InChI=1S/C14H23NO2/c1-4-12-6-5-7-13(10-12)14(15-2)11-17-9-8-16-3/h5-7,10,14-15H,4,8-9,11H2,1-3H3. The van der Waals surface area contributed by atoms with Crippen LogP contribution in [0.15, 0.2) is 24.3 Å². The Labute approximate surface area is 104 Å². The summed E-state index contributed by atoms with van der Waals surface area (Å²) in [6.07, 6.45) is 1.06. The highest BCUT2D eigenvalue weighted by Crippen LogP contribution is 2.15. The predicted octanol–water partition coefficient (Wildman–Crippen LogP) is 2.17. The number of methoxy groups -OCH3 is 1. The molecule has 0 fully saturated rings. The summed E-state index contributed by atoms with van der Waals surface area (Å²) in [5, 5.41) is 3.28. The Balaban J connectivity index is 2.53. The van der Waals surface area contributed by atoms with Crippen molar-refractivity contribution in [2.24, 2.45) is 0 Å². The van der Waals surface area contributed by atoms with E-state index in [9.17, 15) is 0 Å². The molecule has 3 heteroatoms. The van der Waals surface area contributed by atoms with Crippen LogP contribution in [0.4, 0.5) is 0 Å². The van der Waals surface area contributed by atoms with Crippen molar-refractivity contribution in [3.63, 3.8) is 0 Å². The molecule has 1 N–H and O–H groups in total. The van der Waals surface area contributed by atoms with E-state index in [4.69, 9.17) is 9.47 Å². The number of likely N-dealkylation sites (N-methyl/N-ethyl adjacent to an activating group) is 1. The van der Waals surface area contributed by atoms with Crippen LogP contribution in [0.2, 0.25) is 0 Å². The number of aryl methyl sites for hydroxylation is 1. The maximum absolute atomic E-state index is 5.57. The summed E-state index contributed by atoms with van der Waals surface area (Å²) >= 11 is 0. The van der Waals surface area contributed by atoms with Crippen molar-refractivity contribution in [3.8, 4) is 0 Å². The van der Waals surface area contributed by atoms with Crippen molar-refractivity contribution in [1.82, 2.24) is 5.32 Å². The number of nitrogens with one attached hydrogen (secondary N) is 1. The van der Waals surface area contributed by atoms with E-state index in [1.54, 1.807) is 7.11 Å². The molecule has 1 rings (SSSR count). The first-order chi connectivity index (χ1) is 8.31. The second-order valence-electron chi connectivity index (χ2n) is 4.01. The van der Waals surface area contributed by atoms with E-state index in [0.29, 0.717) is 19.8 Å². The van der Waals surface area contributed by atoms with Crippen LogP contribution in [-0.4, -0.2) is 34.0 Å². The van der Waals surface area contributed by atoms with Gasteiger partial charge in [-0.25, -0.2) is 0 Å². The zero-order chi connectivity index (χ0) is 12.5. The average Bonchev–Trinajstić information content (AvgIpc) is 2.39. The molecule has 0 saturated heterocycles. The second-order valence-corrected chi connectivity index (χ2v) is 4.01. The molecular weight excluding hydrogens is 214 g/mol. The van der Waals surface area contributed by atoms with Crippen molar-refractivity contribution >= 4 is 0 Å². The van der Waals surface area contributed by atoms with Crippen LogP contribution in [0.25, 0.3) is 0 Å². The molecule has 0 saturated carbocycles. The fourth-order valence-corrected chi connectivity index (χ4v) is 1.72. The van der Waals surface area contributed by atoms with E-state index in [-0.39, 0.29) is 6.04 Å². The van der Waals surface area contributed by atoms with Crippen LogP contribution in [0, 0.1) is 0 Å². The number of hydrogen-bond acceptors (Lipinski definition) is 3. The Morgan fingerprint density at radius 2 is 2.12 bits per heavy atom. The van der Waals surface area contributed by atoms with Crippen molar-refractivity contribution in [2.45, 2.75) is 19.4 Å². The first kappa shape index (κ1) is 14.2. The minimum Gasteiger partial charge on any atom is -0.382 e. The molecule has 0 aliphatic carbocycles. The molecule has 0 aromatic heterocycles. The summed E-state index contributed by atoms with van der Waals surface area (Å²) in [6, 6.07) is 8.88. The SMILES string of the molecule is CCc1cccc(C(COCCOC)NC)c1. The Hall–Kier alpha value is -0.900. The molecule has 1 unspecified atom stereocenters. The van der Waals surface area contributed by atoms with Gasteiger partial charge in [0.05, 0.1) is 25.9 Å². The van der Waals surface area contributed by atoms with Crippen LogP contribution in [0.5, 0.6) is 0 Å². The first-order valence-electron chi connectivity index (χ1n) is 6.14. The van der Waals surface area contributed by atoms with E-state index in [2.05, 4.69) is 36.5 Å². The lowest BCUT2D eigenvalue weighted by Crippen LogP contribution is -2.22. The molecule has 0 spiro atoms. The van der Waals surface area contributed by atoms with Gasteiger partial charge in [-0.1, -0.05) is 31.2 Å². The van der Waals surface area contributed by atoms with Gasteiger partial charge in [-0.15, -0.1) is 0 Å². The Bertz CT molecular complexity index is 315. The van der Waals surface area contributed by atoms with Crippen LogP contribution >= 0.6 is 0 Å². The van der Waals surface area contributed by atoms with Crippen LogP contribution in [0.1, 0.15) is 24.1 Å². The van der Waals surface area contributed by atoms with Gasteiger partial charge in [0.1, 0.15) is 0 Å². The number of ether oxygens (including phenoxy) is 2. The Morgan fingerprint density at radius 3 is 2.76 bits per heavy atom. The van der Waals surface area contributed by atoms with Crippen molar-refractivity contribution in [1.29, 1.82) is 0 Å². The molecule has 0 amide bonds. The molecule has 1 aromatic carbocycles. The van der Waals surface area contributed by atoms with Crippen LogP contribution in [0.3, 0.4) is 0 Å². The van der Waals surface area contributed by atoms with Crippen LogP contribution in [-0.2, 0) is 15.9 Å². The van der Waals surface area contributed by atoms with Gasteiger partial charge < -0.3 is 14.8 Å². The minimum absolute atomic E-state index is 0.248. The van der Waals surface area contributed by atoms with E-state index < -0.39 is 0 Å². The molecule has 0 aliphatic heterocycles. The minimum atomic E-state index is 0.248. The Kier molecular flexibility index (Phi) is 6.86. The largest absolute Gasteiger partial charge is 0.382 e. The molecule has 96 valence electrons. The van der Waals surface area contributed by atoms with Gasteiger partial charge in [0.25, 0.3) is 0 Å². The quantitative estimate of drug-likeness (QED) is 0.703. The van der Waals surface area contributed by atoms with E-state index >= 15 is 0 Å². The summed E-state index contributed by atoms with van der Waals surface area (Å²) in [4.78, 5) is 0. The fraction of sp³-hybridized carbons (Fsp3) is 0.571. The molecule has 17 heavy (non-hydrogen) atoms. The molecule has 0 radical (unpaired) electrons. The second kappa shape index (κ2) is 8.23. The number of benzene rings is 1. The Morgan fingerprint density at radius 1 is 1.29 bits per heavy atom. The molecule has 0 heterocycles. The predicted molar refractivity (Wildman–Crippen MR) is 70.3 cm³/mol. The maximum atomic E-state index is 5.57. The molecule has 3 nitrogen and oxygen atoms in total. The third-order valence-corrected chi connectivity index (χ3v) is 2.83. The van der Waals surface area contributed by atoms with E-state index in [1.807, 2.05) is 7.05 Å². The third kappa shape index (κ3) is 4.86. The third-order valence-electron chi connectivity index (χ3n) is 2.83. The summed E-state index contributed by atoms with van der Waals surface area (Å²) in [6.45, 7) is 4.13. The zero-order valence-electron chi connectivity index (χ0n) is 11.0. The maximum Gasteiger partial charge on any atom is 0.0701 e. The molecule has 1 aromatic rings. The van der Waals surface area contributed by atoms with Gasteiger partial charge in [-0.2, -0.15) is 0 Å². The lowest BCUT2D eigenvalue weighted by Gasteiger charge is -2.17. The van der Waals surface area contributed by atoms with Crippen molar-refractivity contribution < 1.29 is 9.47 Å². The van der Waals surface area contributed by atoms with Gasteiger partial charge in [0.2, 0.25) is 0 Å². The number of hydrogen-bond donors (Lipinski definition) is 1. The monoisotopic (exact) mass is 237 g/mol. The number of rotatable bonds is 8. The molecule has 0 bridgehead atoms. The topological polar surface area (TPSA) is 30.5 Å². The highest BCUT2D eigenvalue weighted by molar-refractivity contribution is 5.26. The van der Waals surface area contributed by atoms with Gasteiger partial charge in [-0.3, -0.25) is 0 Å². The first-order valence-corrected chi connectivity index (χ1v) is 6.14. The normalized spacial score (nSPS) is 12.6. The average molecular weight is 237 g/mol. The van der Waals surface area contributed by atoms with Gasteiger partial charge in [0, 0.05) is 7.11 Å². The summed E-state index contributed by atoms with van der Waals surface area (Å²) in [7, 11) is 3.65. The molecule has 1 atom stereocenters. The zero-order valence-corrected chi connectivity index (χ0v) is 11.0. The van der Waals surface area contributed by atoms with E-state index in [1.165, 1.54) is 11.1 Å². The van der Waals surface area contributed by atoms with Gasteiger partial charge >= 0.3 is 0 Å². The summed E-state index contributed by atoms with van der Waals surface area (Å²) in [5.74, 6) is 0. The van der Waals surface area contributed by atoms with Crippen LogP contribution < -0.4 is 5.32 Å². The van der Waals surface area contributed by atoms with Gasteiger partial charge in [0.15, 0.2) is 0 Å². The lowest BCUT2D eigenvalue weighted by molar-refractivity contribution is 0.0596. The smallest absolute Gasteiger partial charge is 0.0701 e. The van der Waals surface area contributed by atoms with Crippen molar-refractivity contribution in [2.75, 3.05) is 34.0 Å². The highest BCUT2D eigenvalue weighted by atomic mass is 16.5. The van der Waals surface area contributed by atoms with E-state index in [0.717, 1.165) is 6.42 Å². The van der Waals surface area contributed by atoms with Gasteiger partial charge in [-0.05, 0) is 24.6 Å².